The molecule has 1 aromatic heterocycles. The van der Waals surface area contributed by atoms with Crippen molar-refractivity contribution in [2.75, 3.05) is 6.54 Å². The number of thiocarbonyl (C=S) groups is 1. The van der Waals surface area contributed by atoms with Gasteiger partial charge in [-0.15, -0.1) is 11.3 Å². The van der Waals surface area contributed by atoms with Gasteiger partial charge in [0.15, 0.2) is 0 Å². The van der Waals surface area contributed by atoms with E-state index in [9.17, 15) is 4.79 Å². The van der Waals surface area contributed by atoms with E-state index in [0.29, 0.717) is 0 Å². The second-order valence-electron chi connectivity index (χ2n) is 5.29. The lowest BCUT2D eigenvalue weighted by molar-refractivity contribution is -0.122. The molecule has 1 saturated carbocycles. The van der Waals surface area contributed by atoms with Crippen LogP contribution in [-0.2, 0) is 4.79 Å². The summed E-state index contributed by atoms with van der Waals surface area (Å²) in [6.45, 7) is 0.789. The fourth-order valence-electron chi connectivity index (χ4n) is 2.81. The number of thioether (sulfide) groups is 1. The molecule has 1 saturated heterocycles. The Bertz CT molecular complexity index is 529. The van der Waals surface area contributed by atoms with E-state index in [2.05, 4.69) is 0 Å². The summed E-state index contributed by atoms with van der Waals surface area (Å²) in [4.78, 5) is 16.1. The SMILES string of the molecule is O=C1/C(=C/c2cccs2)SC(=S)N1CCC1CCCC1. The maximum atomic E-state index is 12.4. The van der Waals surface area contributed by atoms with Gasteiger partial charge in [-0.2, -0.15) is 0 Å². The molecule has 1 aliphatic carbocycles. The summed E-state index contributed by atoms with van der Waals surface area (Å²) in [5, 5.41) is 2.02. The highest BCUT2D eigenvalue weighted by molar-refractivity contribution is 8.26. The van der Waals surface area contributed by atoms with E-state index in [1.165, 1.54) is 37.4 Å². The van der Waals surface area contributed by atoms with Gasteiger partial charge in [-0.05, 0) is 29.9 Å². The van der Waals surface area contributed by atoms with Crippen LogP contribution >= 0.6 is 35.3 Å². The van der Waals surface area contributed by atoms with Gasteiger partial charge >= 0.3 is 0 Å². The molecule has 5 heteroatoms. The van der Waals surface area contributed by atoms with E-state index in [1.807, 2.05) is 23.6 Å². The average Bonchev–Trinajstić information content (AvgIpc) is 3.13. The predicted octanol–water partition coefficient (Wildman–Crippen LogP) is 4.53. The van der Waals surface area contributed by atoms with Crippen molar-refractivity contribution in [1.82, 2.24) is 4.90 Å². The average molecular weight is 324 g/mol. The number of hydrogen-bond acceptors (Lipinski definition) is 4. The van der Waals surface area contributed by atoms with Gasteiger partial charge in [0.25, 0.3) is 5.91 Å². The molecule has 0 unspecified atom stereocenters. The molecule has 2 heterocycles. The second-order valence-corrected chi connectivity index (χ2v) is 7.94. The van der Waals surface area contributed by atoms with Crippen LogP contribution in [0, 0.1) is 5.92 Å². The first-order valence-corrected chi connectivity index (χ1v) is 9.13. The minimum atomic E-state index is 0.0893. The third kappa shape index (κ3) is 3.15. The highest BCUT2D eigenvalue weighted by Crippen LogP contribution is 2.35. The van der Waals surface area contributed by atoms with Crippen molar-refractivity contribution in [3.63, 3.8) is 0 Å². The number of carbonyl (C=O) groups is 1. The fourth-order valence-corrected chi connectivity index (χ4v) is 4.84. The zero-order valence-corrected chi connectivity index (χ0v) is 13.7. The van der Waals surface area contributed by atoms with Crippen LogP contribution in [0.25, 0.3) is 6.08 Å². The number of carbonyl (C=O) groups excluding carboxylic acids is 1. The van der Waals surface area contributed by atoms with Gasteiger partial charge in [0.1, 0.15) is 4.32 Å². The lowest BCUT2D eigenvalue weighted by Crippen LogP contribution is -2.30. The Morgan fingerprint density at radius 2 is 2.20 bits per heavy atom. The van der Waals surface area contributed by atoms with Crippen LogP contribution in [0.3, 0.4) is 0 Å². The number of hydrogen-bond donors (Lipinski definition) is 0. The Morgan fingerprint density at radius 1 is 1.40 bits per heavy atom. The Morgan fingerprint density at radius 3 is 2.90 bits per heavy atom. The van der Waals surface area contributed by atoms with Crippen LogP contribution in [-0.4, -0.2) is 21.7 Å². The molecule has 0 aromatic carbocycles. The monoisotopic (exact) mass is 323 g/mol. The molecule has 1 amide bonds. The molecule has 106 valence electrons. The molecule has 1 aromatic rings. The summed E-state index contributed by atoms with van der Waals surface area (Å²) >= 11 is 8.44. The van der Waals surface area contributed by atoms with E-state index in [1.54, 1.807) is 16.2 Å². The van der Waals surface area contributed by atoms with Crippen LogP contribution in [0.2, 0.25) is 0 Å². The highest BCUT2D eigenvalue weighted by atomic mass is 32.2. The topological polar surface area (TPSA) is 20.3 Å². The molecule has 0 bridgehead atoms. The molecule has 20 heavy (non-hydrogen) atoms. The highest BCUT2D eigenvalue weighted by Gasteiger charge is 2.32. The predicted molar refractivity (Wildman–Crippen MR) is 90.8 cm³/mol. The first-order chi connectivity index (χ1) is 9.74. The fraction of sp³-hybridized carbons (Fsp3) is 0.467. The summed E-state index contributed by atoms with van der Waals surface area (Å²) < 4.78 is 0.718. The van der Waals surface area contributed by atoms with Crippen molar-refractivity contribution >= 4 is 51.6 Å². The van der Waals surface area contributed by atoms with Gasteiger partial charge in [0, 0.05) is 11.4 Å². The van der Waals surface area contributed by atoms with E-state index >= 15 is 0 Å². The molecule has 3 rings (SSSR count). The summed E-state index contributed by atoms with van der Waals surface area (Å²) in [5.74, 6) is 0.882. The maximum absolute atomic E-state index is 12.4. The minimum Gasteiger partial charge on any atom is -0.293 e. The summed E-state index contributed by atoms with van der Waals surface area (Å²) in [7, 11) is 0. The molecule has 1 aliphatic heterocycles. The van der Waals surface area contributed by atoms with Gasteiger partial charge in [-0.1, -0.05) is 55.7 Å². The maximum Gasteiger partial charge on any atom is 0.266 e. The number of nitrogens with zero attached hydrogens (tertiary/aromatic N) is 1. The quantitative estimate of drug-likeness (QED) is 0.600. The first kappa shape index (κ1) is 14.3. The molecule has 2 fully saturated rings. The lowest BCUT2D eigenvalue weighted by atomic mass is 10.0. The summed E-state index contributed by atoms with van der Waals surface area (Å²) in [6.07, 6.45) is 8.39. The van der Waals surface area contributed by atoms with E-state index in [0.717, 1.165) is 33.0 Å². The standard InChI is InChI=1S/C15H17NOS3/c17-14-13(10-12-6-3-9-19-12)20-15(18)16(14)8-7-11-4-1-2-5-11/h3,6,9-11H,1-2,4-5,7-8H2/b13-10-. The number of amides is 1. The summed E-state index contributed by atoms with van der Waals surface area (Å²) in [6, 6.07) is 4.02. The molecular weight excluding hydrogens is 306 g/mol. The van der Waals surface area contributed by atoms with Gasteiger partial charge in [-0.25, -0.2) is 0 Å². The van der Waals surface area contributed by atoms with E-state index in [4.69, 9.17) is 12.2 Å². The van der Waals surface area contributed by atoms with Gasteiger partial charge in [-0.3, -0.25) is 9.69 Å². The molecule has 2 nitrogen and oxygen atoms in total. The first-order valence-electron chi connectivity index (χ1n) is 7.03. The van der Waals surface area contributed by atoms with Crippen LogP contribution in [0.15, 0.2) is 22.4 Å². The van der Waals surface area contributed by atoms with Crippen molar-refractivity contribution in [2.24, 2.45) is 5.92 Å². The minimum absolute atomic E-state index is 0.0893. The number of thiophene rings is 1. The van der Waals surface area contributed by atoms with E-state index in [-0.39, 0.29) is 5.91 Å². The van der Waals surface area contributed by atoms with Gasteiger partial charge in [0.2, 0.25) is 0 Å². The largest absolute Gasteiger partial charge is 0.293 e. The van der Waals surface area contributed by atoms with Crippen molar-refractivity contribution in [1.29, 1.82) is 0 Å². The van der Waals surface area contributed by atoms with Crippen molar-refractivity contribution in [3.8, 4) is 0 Å². The zero-order valence-electron chi connectivity index (χ0n) is 11.2. The normalized spacial score (nSPS) is 22.4. The summed E-state index contributed by atoms with van der Waals surface area (Å²) in [5.41, 5.74) is 0. The molecule has 0 N–H and O–H groups in total. The van der Waals surface area contributed by atoms with E-state index < -0.39 is 0 Å². The molecular formula is C15H17NOS3. The Hall–Kier alpha value is -0.650. The second kappa shape index (κ2) is 6.41. The third-order valence-electron chi connectivity index (χ3n) is 3.93. The molecule has 0 spiro atoms. The van der Waals surface area contributed by atoms with Crippen molar-refractivity contribution < 1.29 is 4.79 Å². The van der Waals surface area contributed by atoms with Crippen LogP contribution < -0.4 is 0 Å². The number of rotatable bonds is 4. The van der Waals surface area contributed by atoms with Crippen molar-refractivity contribution in [2.45, 2.75) is 32.1 Å². The molecule has 0 atom stereocenters. The third-order valence-corrected chi connectivity index (χ3v) is 6.12. The Balaban J connectivity index is 1.64. The van der Waals surface area contributed by atoms with Gasteiger partial charge < -0.3 is 0 Å². The van der Waals surface area contributed by atoms with Crippen LogP contribution in [0.4, 0.5) is 0 Å². The molecule has 2 aliphatic rings. The zero-order chi connectivity index (χ0) is 13.9. The lowest BCUT2D eigenvalue weighted by Gasteiger charge is -2.17. The van der Waals surface area contributed by atoms with Gasteiger partial charge in [0.05, 0.1) is 4.91 Å². The Kier molecular flexibility index (Phi) is 4.58. The molecule has 0 radical (unpaired) electrons. The van der Waals surface area contributed by atoms with Crippen LogP contribution in [0.5, 0.6) is 0 Å². The smallest absolute Gasteiger partial charge is 0.266 e. The van der Waals surface area contributed by atoms with Crippen LogP contribution in [0.1, 0.15) is 37.0 Å². The van der Waals surface area contributed by atoms with Crippen molar-refractivity contribution in [3.05, 3.63) is 27.3 Å². The Labute approximate surface area is 133 Å².